The Bertz CT molecular complexity index is 768. The van der Waals surface area contributed by atoms with Gasteiger partial charge >= 0.3 is 5.97 Å². The van der Waals surface area contributed by atoms with E-state index in [2.05, 4.69) is 31.2 Å². The molecular weight excluding hydrogens is 306 g/mol. The number of rotatable bonds is 4. The summed E-state index contributed by atoms with van der Waals surface area (Å²) < 4.78 is 4.82. The van der Waals surface area contributed by atoms with Crippen molar-refractivity contribution >= 4 is 29.1 Å². The highest BCUT2D eigenvalue weighted by atomic mass is 32.2. The second-order valence-corrected chi connectivity index (χ2v) is 6.52. The van der Waals surface area contributed by atoms with Gasteiger partial charge in [-0.2, -0.15) is 0 Å². The summed E-state index contributed by atoms with van der Waals surface area (Å²) in [7, 11) is 1.40. The summed E-state index contributed by atoms with van der Waals surface area (Å²) in [6.45, 7) is 2.18. The van der Waals surface area contributed by atoms with E-state index in [1.165, 1.54) is 17.6 Å². The van der Waals surface area contributed by atoms with Crippen molar-refractivity contribution in [2.24, 2.45) is 4.99 Å². The second kappa shape index (κ2) is 7.01. The van der Waals surface area contributed by atoms with E-state index in [-0.39, 0.29) is 5.97 Å². The molecule has 0 unspecified atom stereocenters. The van der Waals surface area contributed by atoms with Gasteiger partial charge in [0.15, 0.2) is 0 Å². The zero-order valence-electron chi connectivity index (χ0n) is 13.3. The smallest absolute Gasteiger partial charge is 0.337 e. The second-order valence-electron chi connectivity index (χ2n) is 5.43. The maximum Gasteiger partial charge on any atom is 0.337 e. The van der Waals surface area contributed by atoms with Crippen molar-refractivity contribution in [2.45, 2.75) is 36.0 Å². The first-order chi connectivity index (χ1) is 11.2. The van der Waals surface area contributed by atoms with Crippen molar-refractivity contribution in [1.29, 1.82) is 0 Å². The average molecular weight is 325 g/mol. The maximum atomic E-state index is 11.8. The first-order valence-corrected chi connectivity index (χ1v) is 8.61. The molecule has 0 atom stereocenters. The van der Waals surface area contributed by atoms with Gasteiger partial charge in [0, 0.05) is 21.1 Å². The molecule has 0 bridgehead atoms. The van der Waals surface area contributed by atoms with E-state index >= 15 is 0 Å². The first kappa shape index (κ1) is 15.8. The molecule has 1 heterocycles. The molecule has 0 saturated carbocycles. The SMILES string of the molecule is CCCCC1=Nc2cc(C(=O)OC)ccc2Sc2ccccc21. The average Bonchev–Trinajstić information content (AvgIpc) is 2.75. The van der Waals surface area contributed by atoms with E-state index in [0.717, 1.165) is 35.6 Å². The highest BCUT2D eigenvalue weighted by Crippen LogP contribution is 2.41. The van der Waals surface area contributed by atoms with Gasteiger partial charge in [-0.05, 0) is 37.1 Å². The number of aliphatic imine (C=N–C) groups is 1. The topological polar surface area (TPSA) is 38.7 Å². The molecule has 0 aromatic heterocycles. The minimum absolute atomic E-state index is 0.329. The summed E-state index contributed by atoms with van der Waals surface area (Å²) in [5, 5.41) is 0. The van der Waals surface area contributed by atoms with Crippen LogP contribution in [0.1, 0.15) is 42.1 Å². The van der Waals surface area contributed by atoms with Gasteiger partial charge in [0.1, 0.15) is 0 Å². The van der Waals surface area contributed by atoms with Crippen LogP contribution in [0, 0.1) is 0 Å². The van der Waals surface area contributed by atoms with Crippen molar-refractivity contribution in [3.63, 3.8) is 0 Å². The largest absolute Gasteiger partial charge is 0.465 e. The molecule has 0 radical (unpaired) electrons. The van der Waals surface area contributed by atoms with Crippen LogP contribution in [0.5, 0.6) is 0 Å². The number of esters is 1. The summed E-state index contributed by atoms with van der Waals surface area (Å²) in [6.07, 6.45) is 3.17. The molecule has 3 rings (SSSR count). The Morgan fingerprint density at radius 3 is 2.78 bits per heavy atom. The Morgan fingerprint density at radius 1 is 1.17 bits per heavy atom. The molecule has 0 spiro atoms. The maximum absolute atomic E-state index is 11.8. The number of carbonyl (C=O) groups is 1. The van der Waals surface area contributed by atoms with Gasteiger partial charge in [0.25, 0.3) is 0 Å². The van der Waals surface area contributed by atoms with Gasteiger partial charge < -0.3 is 4.74 Å². The molecule has 0 amide bonds. The highest BCUT2D eigenvalue weighted by molar-refractivity contribution is 7.99. The molecule has 1 aliphatic heterocycles. The van der Waals surface area contributed by atoms with Crippen LogP contribution in [0.4, 0.5) is 5.69 Å². The van der Waals surface area contributed by atoms with Gasteiger partial charge in [-0.1, -0.05) is 43.3 Å². The fraction of sp³-hybridized carbons (Fsp3) is 0.263. The fourth-order valence-corrected chi connectivity index (χ4v) is 3.61. The monoisotopic (exact) mass is 325 g/mol. The number of hydrogen-bond acceptors (Lipinski definition) is 4. The molecule has 0 fully saturated rings. The van der Waals surface area contributed by atoms with Crippen LogP contribution in [0.15, 0.2) is 57.2 Å². The Hall–Kier alpha value is -2.07. The zero-order valence-corrected chi connectivity index (χ0v) is 14.2. The summed E-state index contributed by atoms with van der Waals surface area (Å²) in [6, 6.07) is 13.9. The van der Waals surface area contributed by atoms with E-state index in [4.69, 9.17) is 9.73 Å². The van der Waals surface area contributed by atoms with E-state index < -0.39 is 0 Å². The quantitative estimate of drug-likeness (QED) is 0.721. The molecule has 4 heteroatoms. The highest BCUT2D eigenvalue weighted by Gasteiger charge is 2.18. The molecular formula is C19H19NO2S. The fourth-order valence-electron chi connectivity index (χ4n) is 2.59. The molecule has 0 N–H and O–H groups in total. The van der Waals surface area contributed by atoms with E-state index in [0.29, 0.717) is 5.56 Å². The van der Waals surface area contributed by atoms with Crippen LogP contribution >= 0.6 is 11.8 Å². The van der Waals surface area contributed by atoms with Gasteiger partial charge in [-0.3, -0.25) is 4.99 Å². The van der Waals surface area contributed by atoms with Crippen LogP contribution in [0.3, 0.4) is 0 Å². The number of nitrogens with zero attached hydrogens (tertiary/aromatic N) is 1. The Kier molecular flexibility index (Phi) is 4.82. The third-order valence-corrected chi connectivity index (χ3v) is 4.96. The minimum atomic E-state index is -0.329. The summed E-state index contributed by atoms with van der Waals surface area (Å²) in [5.74, 6) is -0.329. The normalized spacial score (nSPS) is 12.7. The summed E-state index contributed by atoms with van der Waals surface area (Å²) in [5.41, 5.74) is 3.68. The lowest BCUT2D eigenvalue weighted by Crippen LogP contribution is -2.02. The lowest BCUT2D eigenvalue weighted by molar-refractivity contribution is 0.0600. The standard InChI is InChI=1S/C19H19NO2S/c1-3-4-8-15-14-7-5-6-9-17(14)23-18-11-10-13(19(21)22-2)12-16(18)20-15/h5-7,9-12H,3-4,8H2,1-2H3. The lowest BCUT2D eigenvalue weighted by Gasteiger charge is -2.07. The third kappa shape index (κ3) is 3.32. The van der Waals surface area contributed by atoms with E-state index in [1.54, 1.807) is 17.8 Å². The summed E-state index contributed by atoms with van der Waals surface area (Å²) in [4.78, 5) is 18.9. The van der Waals surface area contributed by atoms with Crippen LogP contribution in [-0.4, -0.2) is 18.8 Å². The molecule has 118 valence electrons. The number of benzene rings is 2. The van der Waals surface area contributed by atoms with Gasteiger partial charge in [0.2, 0.25) is 0 Å². The number of carbonyl (C=O) groups excluding carboxylic acids is 1. The van der Waals surface area contributed by atoms with E-state index in [1.807, 2.05) is 12.1 Å². The van der Waals surface area contributed by atoms with Crippen LogP contribution < -0.4 is 0 Å². The Morgan fingerprint density at radius 2 is 2.00 bits per heavy atom. The number of ether oxygens (including phenoxy) is 1. The predicted octanol–water partition coefficient (Wildman–Crippen LogP) is 5.25. The Labute approximate surface area is 140 Å². The van der Waals surface area contributed by atoms with Crippen molar-refractivity contribution in [3.8, 4) is 0 Å². The van der Waals surface area contributed by atoms with E-state index in [9.17, 15) is 4.79 Å². The van der Waals surface area contributed by atoms with Crippen LogP contribution in [-0.2, 0) is 4.74 Å². The van der Waals surface area contributed by atoms with Crippen molar-refractivity contribution in [3.05, 3.63) is 53.6 Å². The molecule has 0 aliphatic carbocycles. The molecule has 2 aromatic carbocycles. The number of fused-ring (bicyclic) bond motifs is 2. The van der Waals surface area contributed by atoms with Gasteiger partial charge in [0.05, 0.1) is 18.4 Å². The van der Waals surface area contributed by atoms with Crippen molar-refractivity contribution in [2.75, 3.05) is 7.11 Å². The van der Waals surface area contributed by atoms with Crippen molar-refractivity contribution in [1.82, 2.24) is 0 Å². The molecule has 3 nitrogen and oxygen atoms in total. The zero-order chi connectivity index (χ0) is 16.2. The van der Waals surface area contributed by atoms with Crippen molar-refractivity contribution < 1.29 is 9.53 Å². The predicted molar refractivity (Wildman–Crippen MR) is 94.1 cm³/mol. The molecule has 1 aliphatic rings. The number of unbranched alkanes of at least 4 members (excludes halogenated alkanes) is 1. The van der Waals surface area contributed by atoms with Gasteiger partial charge in [-0.25, -0.2) is 4.79 Å². The minimum Gasteiger partial charge on any atom is -0.465 e. The molecule has 2 aromatic rings. The lowest BCUT2D eigenvalue weighted by atomic mass is 10.0. The van der Waals surface area contributed by atoms with Gasteiger partial charge in [-0.15, -0.1) is 0 Å². The van der Waals surface area contributed by atoms with Crippen LogP contribution in [0.25, 0.3) is 0 Å². The Balaban J connectivity index is 2.10. The number of hydrogen-bond donors (Lipinski definition) is 0. The number of methoxy groups -OCH3 is 1. The molecule has 23 heavy (non-hydrogen) atoms. The molecule has 0 saturated heterocycles. The third-order valence-electron chi connectivity index (χ3n) is 3.82. The summed E-state index contributed by atoms with van der Waals surface area (Å²) >= 11 is 1.70. The van der Waals surface area contributed by atoms with Crippen LogP contribution in [0.2, 0.25) is 0 Å². The first-order valence-electron chi connectivity index (χ1n) is 7.80.